The average molecular weight is 274 g/mol. The lowest BCUT2D eigenvalue weighted by Gasteiger charge is -2.14. The number of hydrogen-bond acceptors (Lipinski definition) is 3. The number of hydrogen-bond donors (Lipinski definition) is 0. The van der Waals surface area contributed by atoms with Crippen molar-refractivity contribution in [1.29, 1.82) is 0 Å². The van der Waals surface area contributed by atoms with Crippen molar-refractivity contribution in [2.24, 2.45) is 0 Å². The summed E-state index contributed by atoms with van der Waals surface area (Å²) in [6, 6.07) is 0. The third kappa shape index (κ3) is 3.24. The van der Waals surface area contributed by atoms with E-state index >= 15 is 0 Å². The minimum Gasteiger partial charge on any atom is -0.447 e. The van der Waals surface area contributed by atoms with Crippen LogP contribution in [0.5, 0.6) is 0 Å². The molecule has 1 unspecified atom stereocenters. The smallest absolute Gasteiger partial charge is 0.416 e. The standard InChI is InChI=1S/C10H12BrNO3/c1-2-3-4-5-8(11)9(13)12-6-7-15-10(12)14/h1,8H,3-7H2. The number of nitrogens with zero attached hydrogens (tertiary/aromatic N) is 1. The Bertz CT molecular complexity index is 298. The van der Waals surface area contributed by atoms with Crippen molar-refractivity contribution in [3.8, 4) is 12.3 Å². The quantitative estimate of drug-likeness (QED) is 0.444. The van der Waals surface area contributed by atoms with Gasteiger partial charge in [0.25, 0.3) is 0 Å². The number of cyclic esters (lactones) is 1. The Balaban J connectivity index is 2.39. The van der Waals surface area contributed by atoms with E-state index in [0.29, 0.717) is 19.4 Å². The molecule has 15 heavy (non-hydrogen) atoms. The molecule has 1 fully saturated rings. The number of amides is 2. The van der Waals surface area contributed by atoms with Gasteiger partial charge in [-0.25, -0.2) is 9.69 Å². The minimum atomic E-state index is -0.554. The van der Waals surface area contributed by atoms with Gasteiger partial charge in [0.15, 0.2) is 0 Å². The van der Waals surface area contributed by atoms with Crippen molar-refractivity contribution in [1.82, 2.24) is 4.90 Å². The van der Waals surface area contributed by atoms with Crippen molar-refractivity contribution in [2.75, 3.05) is 13.2 Å². The summed E-state index contributed by atoms with van der Waals surface area (Å²) in [5.74, 6) is 2.26. The van der Waals surface area contributed by atoms with E-state index < -0.39 is 6.09 Å². The normalized spacial score (nSPS) is 17.1. The maximum Gasteiger partial charge on any atom is 0.416 e. The van der Waals surface area contributed by atoms with Crippen LogP contribution < -0.4 is 0 Å². The molecule has 0 aromatic heterocycles. The highest BCUT2D eigenvalue weighted by molar-refractivity contribution is 9.10. The Morgan fingerprint density at radius 3 is 3.00 bits per heavy atom. The first-order valence-corrected chi connectivity index (χ1v) is 5.64. The summed E-state index contributed by atoms with van der Waals surface area (Å²) in [6.07, 6.45) is 6.58. The van der Waals surface area contributed by atoms with Gasteiger partial charge in [0, 0.05) is 6.42 Å². The molecule has 82 valence electrons. The number of terminal acetylenes is 1. The zero-order valence-corrected chi connectivity index (χ0v) is 9.83. The fourth-order valence-electron chi connectivity index (χ4n) is 1.27. The second-order valence-electron chi connectivity index (χ2n) is 3.17. The molecule has 1 atom stereocenters. The van der Waals surface area contributed by atoms with Crippen LogP contribution in [-0.2, 0) is 9.53 Å². The SMILES string of the molecule is C#CCCCC(Br)C(=O)N1CCOC1=O. The molecular weight excluding hydrogens is 262 g/mol. The molecule has 0 saturated carbocycles. The van der Waals surface area contributed by atoms with Crippen LogP contribution in [0.25, 0.3) is 0 Å². The Kier molecular flexibility index (Phi) is 4.63. The van der Waals surface area contributed by atoms with Gasteiger partial charge in [-0.3, -0.25) is 4.79 Å². The number of carbonyl (C=O) groups is 2. The fourth-order valence-corrected chi connectivity index (χ4v) is 1.84. The Morgan fingerprint density at radius 2 is 2.47 bits per heavy atom. The molecule has 1 rings (SSSR count). The molecule has 1 aliphatic heterocycles. The molecule has 0 bridgehead atoms. The van der Waals surface area contributed by atoms with Crippen LogP contribution in [0.1, 0.15) is 19.3 Å². The van der Waals surface area contributed by atoms with E-state index in [0.717, 1.165) is 11.3 Å². The lowest BCUT2D eigenvalue weighted by molar-refractivity contribution is -0.127. The molecule has 0 N–H and O–H groups in total. The van der Waals surface area contributed by atoms with Crippen LogP contribution in [0.2, 0.25) is 0 Å². The molecule has 0 aliphatic carbocycles. The van der Waals surface area contributed by atoms with Gasteiger partial charge in [-0.15, -0.1) is 12.3 Å². The van der Waals surface area contributed by atoms with E-state index in [1.807, 2.05) is 0 Å². The van der Waals surface area contributed by atoms with E-state index in [4.69, 9.17) is 6.42 Å². The molecule has 1 aliphatic rings. The van der Waals surface area contributed by atoms with Gasteiger partial charge in [0.2, 0.25) is 5.91 Å². The van der Waals surface area contributed by atoms with E-state index in [1.54, 1.807) is 0 Å². The Labute approximate surface area is 97.1 Å². The first-order chi connectivity index (χ1) is 7.16. The second-order valence-corrected chi connectivity index (χ2v) is 4.27. The van der Waals surface area contributed by atoms with Crippen molar-refractivity contribution in [3.63, 3.8) is 0 Å². The molecule has 0 radical (unpaired) electrons. The maximum atomic E-state index is 11.7. The lowest BCUT2D eigenvalue weighted by Crippen LogP contribution is -2.37. The van der Waals surface area contributed by atoms with Crippen LogP contribution in [0.3, 0.4) is 0 Å². The predicted molar refractivity (Wildman–Crippen MR) is 58.5 cm³/mol. The summed E-state index contributed by atoms with van der Waals surface area (Å²) in [5.41, 5.74) is 0. The van der Waals surface area contributed by atoms with E-state index in [2.05, 4.69) is 26.6 Å². The third-order valence-corrected chi connectivity index (χ3v) is 2.92. The molecule has 0 aromatic rings. The first-order valence-electron chi connectivity index (χ1n) is 4.72. The molecule has 5 heteroatoms. The number of imide groups is 1. The summed E-state index contributed by atoms with van der Waals surface area (Å²) in [7, 11) is 0. The summed E-state index contributed by atoms with van der Waals surface area (Å²) in [5, 5.41) is 0. The number of unbranched alkanes of at least 4 members (excludes halogenated alkanes) is 1. The van der Waals surface area contributed by atoms with Gasteiger partial charge >= 0.3 is 6.09 Å². The van der Waals surface area contributed by atoms with Gasteiger partial charge in [0.1, 0.15) is 6.61 Å². The maximum absolute atomic E-state index is 11.7. The number of rotatable bonds is 4. The number of carbonyl (C=O) groups excluding carboxylic acids is 2. The van der Waals surface area contributed by atoms with E-state index in [9.17, 15) is 9.59 Å². The Morgan fingerprint density at radius 1 is 1.73 bits per heavy atom. The highest BCUT2D eigenvalue weighted by atomic mass is 79.9. The van der Waals surface area contributed by atoms with Gasteiger partial charge in [-0.1, -0.05) is 15.9 Å². The number of halogens is 1. The van der Waals surface area contributed by atoms with Gasteiger partial charge < -0.3 is 4.74 Å². The zero-order chi connectivity index (χ0) is 11.3. The number of ether oxygens (including phenoxy) is 1. The molecule has 2 amide bonds. The molecular formula is C10H12BrNO3. The summed E-state index contributed by atoms with van der Waals surface area (Å²) >= 11 is 3.24. The topological polar surface area (TPSA) is 46.6 Å². The van der Waals surface area contributed by atoms with E-state index in [-0.39, 0.29) is 17.3 Å². The summed E-state index contributed by atoms with van der Waals surface area (Å²) < 4.78 is 4.68. The first kappa shape index (κ1) is 12.1. The molecule has 0 spiro atoms. The highest BCUT2D eigenvalue weighted by Crippen LogP contribution is 2.15. The summed E-state index contributed by atoms with van der Waals surface area (Å²) in [4.78, 5) is 23.5. The van der Waals surface area contributed by atoms with Crippen molar-refractivity contribution in [3.05, 3.63) is 0 Å². The molecule has 4 nitrogen and oxygen atoms in total. The number of alkyl halides is 1. The second kappa shape index (κ2) is 5.76. The molecule has 1 saturated heterocycles. The zero-order valence-electron chi connectivity index (χ0n) is 8.24. The molecule has 1 heterocycles. The van der Waals surface area contributed by atoms with Crippen LogP contribution in [-0.4, -0.2) is 34.9 Å². The summed E-state index contributed by atoms with van der Waals surface area (Å²) in [6.45, 7) is 0.629. The predicted octanol–water partition coefficient (Wildman–Crippen LogP) is 1.53. The van der Waals surface area contributed by atoms with Gasteiger partial charge in [0.05, 0.1) is 11.4 Å². The average Bonchev–Trinajstić information content (AvgIpc) is 2.63. The van der Waals surface area contributed by atoms with Crippen molar-refractivity contribution >= 4 is 27.9 Å². The monoisotopic (exact) mass is 273 g/mol. The van der Waals surface area contributed by atoms with Crippen LogP contribution in [0, 0.1) is 12.3 Å². The van der Waals surface area contributed by atoms with Gasteiger partial charge in [-0.2, -0.15) is 0 Å². The van der Waals surface area contributed by atoms with Crippen molar-refractivity contribution in [2.45, 2.75) is 24.1 Å². The Hall–Kier alpha value is -1.02. The van der Waals surface area contributed by atoms with Gasteiger partial charge in [-0.05, 0) is 12.8 Å². The fraction of sp³-hybridized carbons (Fsp3) is 0.600. The largest absolute Gasteiger partial charge is 0.447 e. The van der Waals surface area contributed by atoms with Crippen LogP contribution in [0.4, 0.5) is 4.79 Å². The van der Waals surface area contributed by atoms with Crippen LogP contribution in [0.15, 0.2) is 0 Å². The third-order valence-electron chi connectivity index (χ3n) is 2.07. The van der Waals surface area contributed by atoms with E-state index in [1.165, 1.54) is 0 Å². The van der Waals surface area contributed by atoms with Crippen LogP contribution >= 0.6 is 15.9 Å². The lowest BCUT2D eigenvalue weighted by atomic mass is 10.2. The molecule has 0 aromatic carbocycles. The van der Waals surface area contributed by atoms with Crippen molar-refractivity contribution < 1.29 is 14.3 Å². The highest BCUT2D eigenvalue weighted by Gasteiger charge is 2.31. The minimum absolute atomic E-state index is 0.241.